The number of unbranched alkanes of at least 4 members (excludes halogenated alkanes) is 2. The van der Waals surface area contributed by atoms with Crippen LogP contribution in [0.25, 0.3) is 50.2 Å². The van der Waals surface area contributed by atoms with E-state index in [2.05, 4.69) is 77.8 Å². The maximum absolute atomic E-state index is 16.2. The third-order valence-corrected chi connectivity index (χ3v) is 17.3. The van der Waals surface area contributed by atoms with E-state index in [1.165, 1.54) is 81.5 Å². The zero-order chi connectivity index (χ0) is 52.1. The Balaban J connectivity index is 0.832. The number of benzene rings is 8. The van der Waals surface area contributed by atoms with Gasteiger partial charge in [-0.3, -0.25) is 4.79 Å². The topological polar surface area (TPSA) is 41.6 Å². The fraction of sp³-hybridized carbons (Fsp3) is 0.290. The number of halogens is 3. The van der Waals surface area contributed by atoms with Crippen LogP contribution in [0.1, 0.15) is 141 Å². The molecule has 2 aliphatic heterocycles. The molecule has 4 nitrogen and oxygen atoms in total. The number of amides is 1. The van der Waals surface area contributed by atoms with Crippen molar-refractivity contribution in [1.29, 1.82) is 0 Å². The standard InChI is InChI=1S/C69H65F3N2O2/c1-4-5-7-10-44-11-13-45(14-12-44)46-15-17-47(18-16-46)48-19-21-50(22-20-48)67(75)73-56-32-23-49(24-33-56)51-25-36-58-60(41-51)63-61-42-55(71)43-62(72)64(61)68(2,3)65(63)59-37-38-69(76-66(58)59,52-26-30-54(70)31-27-52)53-28-34-57(35-29-53)74-39-8-6-9-40-74/h15-38,41-45H,4-14,39-40H2,1-3H3,(H,73,75)/t44-,45-,69?. The largest absolute Gasteiger partial charge is 0.472 e. The smallest absolute Gasteiger partial charge is 0.255 e. The summed E-state index contributed by atoms with van der Waals surface area (Å²) in [6, 6.07) is 48.1. The highest BCUT2D eigenvalue weighted by Gasteiger charge is 2.46. The summed E-state index contributed by atoms with van der Waals surface area (Å²) in [7, 11) is 0. The molecule has 384 valence electrons. The monoisotopic (exact) mass is 1010 g/mol. The average Bonchev–Trinajstić information content (AvgIpc) is 3.75. The normalized spacial score (nSPS) is 19.4. The van der Waals surface area contributed by atoms with Gasteiger partial charge < -0.3 is 15.0 Å². The lowest BCUT2D eigenvalue weighted by Gasteiger charge is -2.39. The van der Waals surface area contributed by atoms with Crippen LogP contribution in [0.4, 0.5) is 24.5 Å². The zero-order valence-electron chi connectivity index (χ0n) is 43.8. The average molecular weight is 1010 g/mol. The molecule has 1 saturated heterocycles. The Morgan fingerprint density at radius 3 is 1.96 bits per heavy atom. The summed E-state index contributed by atoms with van der Waals surface area (Å²) in [6.07, 6.45) is 18.3. The highest BCUT2D eigenvalue weighted by Crippen LogP contribution is 2.59. The number of hydrogen-bond acceptors (Lipinski definition) is 3. The minimum atomic E-state index is -1.14. The third-order valence-electron chi connectivity index (χ3n) is 17.3. The maximum atomic E-state index is 16.2. The molecular formula is C69H65F3N2O2. The SMILES string of the molecule is CCCCC[C@H]1CC[C@H](c2ccc(-c3ccc(C(=O)Nc4ccc(-c5ccc6c7c(c8c(c6c5)-c5cc(F)cc(F)c5C8(C)C)C=CC(c5ccc(F)cc5)(c5ccc(N6CCCCC6)cc5)O7)cc4)cc3)cc2)CC1. The number of hydrogen-bond donors (Lipinski definition) is 1. The molecule has 0 aromatic heterocycles. The molecule has 76 heavy (non-hydrogen) atoms. The fourth-order valence-corrected chi connectivity index (χ4v) is 13.2. The van der Waals surface area contributed by atoms with Gasteiger partial charge in [0, 0.05) is 69.1 Å². The minimum Gasteiger partial charge on any atom is -0.472 e. The fourth-order valence-electron chi connectivity index (χ4n) is 13.2. The summed E-state index contributed by atoms with van der Waals surface area (Å²) in [6.45, 7) is 8.29. The first kappa shape index (κ1) is 49.5. The van der Waals surface area contributed by atoms with Crippen LogP contribution in [0, 0.1) is 23.4 Å². The van der Waals surface area contributed by atoms with Crippen LogP contribution in [0.2, 0.25) is 0 Å². The number of anilines is 2. The molecule has 1 atom stereocenters. The number of fused-ring (bicyclic) bond motifs is 8. The second-order valence-corrected chi connectivity index (χ2v) is 22.4. The van der Waals surface area contributed by atoms with Crippen LogP contribution in [-0.2, 0) is 11.0 Å². The van der Waals surface area contributed by atoms with Crippen LogP contribution in [0.3, 0.4) is 0 Å². The highest BCUT2D eigenvalue weighted by molar-refractivity contribution is 6.10. The second kappa shape index (κ2) is 20.3. The molecule has 8 aromatic carbocycles. The molecule has 12 rings (SSSR count). The van der Waals surface area contributed by atoms with E-state index in [9.17, 15) is 9.18 Å². The minimum absolute atomic E-state index is 0.199. The molecule has 4 aliphatic rings. The lowest BCUT2D eigenvalue weighted by Crippen LogP contribution is -2.35. The third kappa shape index (κ3) is 9.09. The molecule has 0 radical (unpaired) electrons. The van der Waals surface area contributed by atoms with Crippen molar-refractivity contribution < 1.29 is 22.7 Å². The summed E-state index contributed by atoms with van der Waals surface area (Å²) >= 11 is 0. The highest BCUT2D eigenvalue weighted by atomic mass is 19.1. The molecule has 7 heteroatoms. The van der Waals surface area contributed by atoms with E-state index in [0.29, 0.717) is 34.0 Å². The van der Waals surface area contributed by atoms with Crippen molar-refractivity contribution in [2.75, 3.05) is 23.3 Å². The molecule has 8 aromatic rings. The Bertz CT molecular complexity index is 3480. The van der Waals surface area contributed by atoms with Crippen molar-refractivity contribution in [2.24, 2.45) is 5.92 Å². The van der Waals surface area contributed by atoms with E-state index in [4.69, 9.17) is 4.74 Å². The number of carbonyl (C=O) groups excluding carboxylic acids is 1. The number of piperidine rings is 1. The van der Waals surface area contributed by atoms with Crippen molar-refractivity contribution in [3.63, 3.8) is 0 Å². The van der Waals surface area contributed by atoms with E-state index in [1.807, 2.05) is 80.6 Å². The number of rotatable bonds is 12. The van der Waals surface area contributed by atoms with Crippen molar-refractivity contribution in [2.45, 2.75) is 108 Å². The number of ether oxygens (including phenoxy) is 1. The quantitative estimate of drug-likeness (QED) is 0.124. The molecule has 0 spiro atoms. The van der Waals surface area contributed by atoms with Gasteiger partial charge in [0.15, 0.2) is 5.60 Å². The van der Waals surface area contributed by atoms with Crippen LogP contribution >= 0.6 is 0 Å². The predicted molar refractivity (Wildman–Crippen MR) is 305 cm³/mol. The Morgan fingerprint density at radius 2 is 1.28 bits per heavy atom. The zero-order valence-corrected chi connectivity index (χ0v) is 43.8. The van der Waals surface area contributed by atoms with Gasteiger partial charge in [-0.05, 0) is 179 Å². The molecule has 0 bridgehead atoms. The first-order valence-corrected chi connectivity index (χ1v) is 27.7. The lowest BCUT2D eigenvalue weighted by atomic mass is 9.76. The van der Waals surface area contributed by atoms with E-state index in [0.717, 1.165) is 104 Å². The first-order valence-electron chi connectivity index (χ1n) is 27.7. The maximum Gasteiger partial charge on any atom is 0.255 e. The van der Waals surface area contributed by atoms with Crippen molar-refractivity contribution >= 4 is 34.1 Å². The summed E-state index contributed by atoms with van der Waals surface area (Å²) in [5, 5.41) is 4.66. The molecule has 2 heterocycles. The molecule has 1 N–H and O–H groups in total. The molecule has 1 amide bonds. The summed E-state index contributed by atoms with van der Waals surface area (Å²) < 4.78 is 53.7. The van der Waals surface area contributed by atoms with Gasteiger partial charge in [0.2, 0.25) is 0 Å². The Kier molecular flexibility index (Phi) is 13.2. The molecule has 2 aliphatic carbocycles. The van der Waals surface area contributed by atoms with E-state index >= 15 is 8.78 Å². The Morgan fingerprint density at radius 1 is 0.645 bits per heavy atom. The summed E-state index contributed by atoms with van der Waals surface area (Å²) in [5.41, 5.74) is 10.8. The Labute approximate surface area is 445 Å². The number of carbonyl (C=O) groups is 1. The van der Waals surface area contributed by atoms with Crippen LogP contribution in [-0.4, -0.2) is 19.0 Å². The van der Waals surface area contributed by atoms with Crippen LogP contribution in [0.15, 0.2) is 158 Å². The van der Waals surface area contributed by atoms with Gasteiger partial charge in [-0.2, -0.15) is 0 Å². The lowest BCUT2D eigenvalue weighted by molar-refractivity contribution is 0.102. The van der Waals surface area contributed by atoms with Gasteiger partial charge in [-0.15, -0.1) is 0 Å². The number of nitrogens with one attached hydrogen (secondary N) is 1. The van der Waals surface area contributed by atoms with E-state index in [-0.39, 0.29) is 11.7 Å². The molecule has 1 unspecified atom stereocenters. The molecule has 2 fully saturated rings. The first-order chi connectivity index (χ1) is 37.0. The van der Waals surface area contributed by atoms with E-state index in [1.54, 1.807) is 12.1 Å². The predicted octanol–water partition coefficient (Wildman–Crippen LogP) is 18.3. The van der Waals surface area contributed by atoms with Gasteiger partial charge in [-0.1, -0.05) is 131 Å². The van der Waals surface area contributed by atoms with Gasteiger partial charge in [0.1, 0.15) is 23.2 Å². The second-order valence-electron chi connectivity index (χ2n) is 22.4. The van der Waals surface area contributed by atoms with Crippen molar-refractivity contribution in [1.82, 2.24) is 0 Å². The van der Waals surface area contributed by atoms with Crippen molar-refractivity contribution in [3.8, 4) is 39.1 Å². The molecular weight excluding hydrogens is 946 g/mol. The molecule has 1 saturated carbocycles. The summed E-state index contributed by atoms with van der Waals surface area (Å²) in [5.74, 6) is 0.366. The van der Waals surface area contributed by atoms with Crippen LogP contribution in [0.5, 0.6) is 5.75 Å². The van der Waals surface area contributed by atoms with Crippen LogP contribution < -0.4 is 15.0 Å². The van der Waals surface area contributed by atoms with Gasteiger partial charge >= 0.3 is 0 Å². The van der Waals surface area contributed by atoms with E-state index < -0.39 is 22.7 Å². The Hall–Kier alpha value is -7.38. The van der Waals surface area contributed by atoms with Crippen molar-refractivity contribution in [3.05, 3.63) is 214 Å². The van der Waals surface area contributed by atoms with Gasteiger partial charge in [0.05, 0.1) is 0 Å². The number of nitrogens with zero attached hydrogens (tertiary/aromatic N) is 1. The van der Waals surface area contributed by atoms with Gasteiger partial charge in [-0.25, -0.2) is 13.2 Å². The van der Waals surface area contributed by atoms with Gasteiger partial charge in [0.25, 0.3) is 5.91 Å². The summed E-state index contributed by atoms with van der Waals surface area (Å²) in [4.78, 5) is 16.0.